The van der Waals surface area contributed by atoms with Crippen LogP contribution in [0, 0.1) is 12.3 Å². The highest BCUT2D eigenvalue weighted by atomic mass is 31.2. The number of hydrogen-bond acceptors (Lipinski definition) is 6. The minimum absolute atomic E-state index is 0.0444. The van der Waals surface area contributed by atoms with Crippen LogP contribution in [0.4, 0.5) is 0 Å². The van der Waals surface area contributed by atoms with Crippen LogP contribution < -0.4 is 11.2 Å². The van der Waals surface area contributed by atoms with E-state index in [0.29, 0.717) is 0 Å². The second-order valence-electron chi connectivity index (χ2n) is 4.78. The molecule has 1 saturated heterocycles. The molecule has 1 fully saturated rings. The molecule has 126 valence electrons. The van der Waals surface area contributed by atoms with Gasteiger partial charge < -0.3 is 19.3 Å². The van der Waals surface area contributed by atoms with Crippen LogP contribution in [-0.4, -0.2) is 45.3 Å². The average molecular weight is 346 g/mol. The maximum Gasteiger partial charge on any atom is 0.469 e. The summed E-state index contributed by atoms with van der Waals surface area (Å²) >= 11 is 0. The maximum atomic E-state index is 11.9. The molecule has 1 aromatic rings. The molecule has 1 unspecified atom stereocenters. The number of aromatic amines is 1. The lowest BCUT2D eigenvalue weighted by Gasteiger charge is -2.17. The summed E-state index contributed by atoms with van der Waals surface area (Å²) < 4.78 is 27.0. The van der Waals surface area contributed by atoms with Crippen LogP contribution in [-0.2, 0) is 18.6 Å². The van der Waals surface area contributed by atoms with Crippen molar-refractivity contribution < 1.29 is 28.3 Å². The van der Waals surface area contributed by atoms with Crippen LogP contribution in [0.5, 0.6) is 0 Å². The molecule has 0 saturated carbocycles. The molecule has 0 spiro atoms. The number of terminal acetylenes is 1. The molecule has 23 heavy (non-hydrogen) atoms. The third-order valence-corrected chi connectivity index (χ3v) is 3.81. The molecule has 1 aliphatic rings. The SMILES string of the molecule is C#Cc1cn([C@H]2CC(OC)[C@@H](COP(=O)(O)O)O2)c(=O)[nH]c1=O. The highest BCUT2D eigenvalue weighted by Gasteiger charge is 2.38. The van der Waals surface area contributed by atoms with Crippen molar-refractivity contribution in [2.45, 2.75) is 24.9 Å². The van der Waals surface area contributed by atoms with E-state index in [-0.39, 0.29) is 12.0 Å². The predicted molar refractivity (Wildman–Crippen MR) is 76.6 cm³/mol. The average Bonchev–Trinajstić information content (AvgIpc) is 2.87. The largest absolute Gasteiger partial charge is 0.469 e. The Morgan fingerprint density at radius 2 is 2.26 bits per heavy atom. The van der Waals surface area contributed by atoms with Gasteiger partial charge in [0.2, 0.25) is 0 Å². The highest BCUT2D eigenvalue weighted by molar-refractivity contribution is 7.46. The van der Waals surface area contributed by atoms with E-state index in [1.807, 2.05) is 0 Å². The van der Waals surface area contributed by atoms with Crippen molar-refractivity contribution >= 4 is 7.82 Å². The Labute approximate surface area is 130 Å². The molecule has 1 aromatic heterocycles. The maximum absolute atomic E-state index is 11.9. The first-order valence-corrected chi connectivity index (χ1v) is 7.98. The van der Waals surface area contributed by atoms with Gasteiger partial charge in [-0.1, -0.05) is 5.92 Å². The Kier molecular flexibility index (Phi) is 5.21. The van der Waals surface area contributed by atoms with Gasteiger partial charge in [-0.25, -0.2) is 9.36 Å². The first-order valence-electron chi connectivity index (χ1n) is 6.45. The molecule has 0 aliphatic carbocycles. The molecule has 3 N–H and O–H groups in total. The smallest absolute Gasteiger partial charge is 0.378 e. The van der Waals surface area contributed by atoms with Crippen LogP contribution in [0.25, 0.3) is 0 Å². The lowest BCUT2D eigenvalue weighted by atomic mass is 10.2. The van der Waals surface area contributed by atoms with Crippen molar-refractivity contribution in [2.75, 3.05) is 13.7 Å². The summed E-state index contributed by atoms with van der Waals surface area (Å²) in [5.41, 5.74) is -1.45. The predicted octanol–water partition coefficient (Wildman–Crippen LogP) is -1.07. The van der Waals surface area contributed by atoms with Gasteiger partial charge in [0.25, 0.3) is 5.56 Å². The lowest BCUT2D eigenvalue weighted by Crippen LogP contribution is -2.33. The summed E-state index contributed by atoms with van der Waals surface area (Å²) in [7, 11) is -3.26. The zero-order chi connectivity index (χ0) is 17.2. The van der Waals surface area contributed by atoms with E-state index in [2.05, 4.69) is 15.4 Å². The Hall–Kier alpha value is -1.73. The van der Waals surface area contributed by atoms with Gasteiger partial charge in [-0.15, -0.1) is 6.42 Å². The summed E-state index contributed by atoms with van der Waals surface area (Å²) in [5, 5.41) is 0. The van der Waals surface area contributed by atoms with Gasteiger partial charge in [-0.2, -0.15) is 0 Å². The second kappa shape index (κ2) is 6.80. The van der Waals surface area contributed by atoms with Crippen LogP contribution in [0.15, 0.2) is 15.8 Å². The zero-order valence-corrected chi connectivity index (χ0v) is 12.9. The van der Waals surface area contributed by atoms with E-state index in [0.717, 1.165) is 4.57 Å². The number of ether oxygens (including phenoxy) is 2. The fourth-order valence-electron chi connectivity index (χ4n) is 2.24. The fraction of sp³-hybridized carbons (Fsp3) is 0.500. The van der Waals surface area contributed by atoms with Crippen LogP contribution in [0.1, 0.15) is 18.2 Å². The summed E-state index contributed by atoms with van der Waals surface area (Å²) in [6.07, 6.45) is 4.41. The monoisotopic (exact) mass is 346 g/mol. The fourth-order valence-corrected chi connectivity index (χ4v) is 2.58. The van der Waals surface area contributed by atoms with E-state index >= 15 is 0 Å². The van der Waals surface area contributed by atoms with Crippen molar-refractivity contribution in [2.24, 2.45) is 0 Å². The number of H-pyrrole nitrogens is 1. The van der Waals surface area contributed by atoms with Gasteiger partial charge in [0.15, 0.2) is 0 Å². The molecule has 10 nitrogen and oxygen atoms in total. The standard InChI is InChI=1S/C12H15N2O8P/c1-3-7-5-14(12(16)13-11(7)15)10-4-8(20-2)9(22-10)6-21-23(17,18)19/h1,5,8-10H,4,6H2,2H3,(H,13,15,16)(H2,17,18,19)/t8?,9-,10-/m1/s1. The van der Waals surface area contributed by atoms with Gasteiger partial charge in [0.1, 0.15) is 17.9 Å². The van der Waals surface area contributed by atoms with E-state index in [1.54, 1.807) is 0 Å². The summed E-state index contributed by atoms with van der Waals surface area (Å²) in [6.45, 7) is -0.417. The summed E-state index contributed by atoms with van der Waals surface area (Å²) in [4.78, 5) is 42.9. The zero-order valence-electron chi connectivity index (χ0n) is 12.0. The molecule has 0 amide bonds. The second-order valence-corrected chi connectivity index (χ2v) is 6.02. The van der Waals surface area contributed by atoms with E-state index in [9.17, 15) is 14.2 Å². The number of nitrogens with zero attached hydrogens (tertiary/aromatic N) is 1. The third-order valence-electron chi connectivity index (χ3n) is 3.32. The van der Waals surface area contributed by atoms with Crippen molar-refractivity contribution in [3.63, 3.8) is 0 Å². The molecule has 0 bridgehead atoms. The van der Waals surface area contributed by atoms with Gasteiger partial charge in [-0.3, -0.25) is 18.9 Å². The molecule has 0 radical (unpaired) electrons. The number of phosphoric acid groups is 1. The van der Waals surface area contributed by atoms with E-state index in [4.69, 9.17) is 25.7 Å². The van der Waals surface area contributed by atoms with E-state index in [1.165, 1.54) is 13.3 Å². The quantitative estimate of drug-likeness (QED) is 0.452. The first-order chi connectivity index (χ1) is 10.7. The van der Waals surface area contributed by atoms with Crippen molar-refractivity contribution in [3.05, 3.63) is 32.6 Å². The third kappa shape index (κ3) is 4.17. The molecule has 11 heteroatoms. The Bertz CT molecular complexity index is 772. The van der Waals surface area contributed by atoms with Gasteiger partial charge in [-0.05, 0) is 0 Å². The molecular formula is C12H15N2O8P. The minimum atomic E-state index is -4.65. The van der Waals surface area contributed by atoms with Crippen molar-refractivity contribution in [3.8, 4) is 12.3 Å². The first kappa shape index (κ1) is 17.6. The summed E-state index contributed by atoms with van der Waals surface area (Å²) in [6, 6.07) is 0. The number of hydrogen-bond donors (Lipinski definition) is 3. The van der Waals surface area contributed by atoms with Crippen LogP contribution >= 0.6 is 7.82 Å². The topological polar surface area (TPSA) is 140 Å². The molecule has 1 aliphatic heterocycles. The van der Waals surface area contributed by atoms with Gasteiger partial charge in [0, 0.05) is 19.7 Å². The number of phosphoric ester groups is 1. The number of nitrogens with one attached hydrogen (secondary N) is 1. The van der Waals surface area contributed by atoms with Crippen molar-refractivity contribution in [1.82, 2.24) is 9.55 Å². The molecule has 2 heterocycles. The Morgan fingerprint density at radius 1 is 1.57 bits per heavy atom. The Morgan fingerprint density at radius 3 is 2.83 bits per heavy atom. The lowest BCUT2D eigenvalue weighted by molar-refractivity contribution is -0.0525. The number of methoxy groups -OCH3 is 1. The minimum Gasteiger partial charge on any atom is -0.378 e. The Balaban J connectivity index is 2.23. The molecule has 0 aromatic carbocycles. The number of rotatable bonds is 5. The molecule has 2 rings (SSSR count). The molecular weight excluding hydrogens is 331 g/mol. The van der Waals surface area contributed by atoms with Crippen LogP contribution in [0.2, 0.25) is 0 Å². The summed E-state index contributed by atoms with van der Waals surface area (Å²) in [5.74, 6) is 2.15. The number of aromatic nitrogens is 2. The van der Waals surface area contributed by atoms with Crippen LogP contribution in [0.3, 0.4) is 0 Å². The van der Waals surface area contributed by atoms with Crippen molar-refractivity contribution in [1.29, 1.82) is 0 Å². The molecule has 3 atom stereocenters. The highest BCUT2D eigenvalue weighted by Crippen LogP contribution is 2.38. The van der Waals surface area contributed by atoms with E-state index < -0.39 is 44.1 Å². The normalized spacial score (nSPS) is 24.5. The van der Waals surface area contributed by atoms with Gasteiger partial charge >= 0.3 is 13.5 Å². The van der Waals surface area contributed by atoms with Gasteiger partial charge in [0.05, 0.1) is 12.7 Å².